The van der Waals surface area contributed by atoms with Crippen LogP contribution in [0.1, 0.15) is 62.4 Å². The van der Waals surface area contributed by atoms with Crippen molar-refractivity contribution < 1.29 is 13.2 Å². The topological polar surface area (TPSA) is 12.0 Å². The molecule has 4 heteroatoms. The average molecular weight is 301 g/mol. The minimum absolute atomic E-state index is 0.530. The van der Waals surface area contributed by atoms with Crippen LogP contribution < -0.4 is 5.32 Å². The van der Waals surface area contributed by atoms with Crippen LogP contribution in [-0.4, -0.2) is 12.7 Å². The highest BCUT2D eigenvalue weighted by Gasteiger charge is 2.33. The molecule has 1 unspecified atom stereocenters. The normalized spacial score (nSPS) is 13.5. The van der Waals surface area contributed by atoms with E-state index in [0.29, 0.717) is 6.54 Å². The number of halogens is 3. The van der Waals surface area contributed by atoms with Crippen LogP contribution >= 0.6 is 0 Å². The third-order valence-electron chi connectivity index (χ3n) is 3.82. The summed E-state index contributed by atoms with van der Waals surface area (Å²) in [7, 11) is 0. The molecular weight excluding hydrogens is 275 g/mol. The molecule has 1 aromatic rings. The Kier molecular flexibility index (Phi) is 6.72. The van der Waals surface area contributed by atoms with Crippen LogP contribution in [0.25, 0.3) is 0 Å². The van der Waals surface area contributed by atoms with Crippen LogP contribution in [0.5, 0.6) is 0 Å². The van der Waals surface area contributed by atoms with E-state index in [1.165, 1.54) is 5.56 Å². The van der Waals surface area contributed by atoms with Gasteiger partial charge in [0.05, 0.1) is 6.42 Å². The summed E-state index contributed by atoms with van der Waals surface area (Å²) in [6.45, 7) is 8.47. The van der Waals surface area contributed by atoms with Crippen LogP contribution in [0, 0.1) is 0 Å². The van der Waals surface area contributed by atoms with E-state index < -0.39 is 18.6 Å². The Morgan fingerprint density at radius 2 is 1.48 bits per heavy atom. The summed E-state index contributed by atoms with van der Waals surface area (Å²) >= 11 is 0. The SMILES string of the molecule is CCNC(CC(F)(F)F)c1c(CC)cc(CC)cc1CC. The molecule has 0 fully saturated rings. The van der Waals surface area contributed by atoms with E-state index in [1.807, 2.05) is 20.8 Å². The quantitative estimate of drug-likeness (QED) is 0.749. The van der Waals surface area contributed by atoms with Crippen molar-refractivity contribution in [2.24, 2.45) is 0 Å². The van der Waals surface area contributed by atoms with Gasteiger partial charge in [0.25, 0.3) is 0 Å². The van der Waals surface area contributed by atoms with Gasteiger partial charge >= 0.3 is 6.18 Å². The lowest BCUT2D eigenvalue weighted by Gasteiger charge is -2.26. The Bertz CT molecular complexity index is 427. The number of hydrogen-bond donors (Lipinski definition) is 1. The van der Waals surface area contributed by atoms with Crippen molar-refractivity contribution in [2.45, 2.75) is 65.6 Å². The first-order valence-corrected chi connectivity index (χ1v) is 7.80. The maximum atomic E-state index is 12.9. The number of aryl methyl sites for hydroxylation is 3. The molecule has 0 aromatic heterocycles. The Balaban J connectivity index is 3.33. The molecule has 0 aliphatic carbocycles. The Labute approximate surface area is 125 Å². The largest absolute Gasteiger partial charge is 0.390 e. The van der Waals surface area contributed by atoms with E-state index in [9.17, 15) is 13.2 Å². The second-order valence-corrected chi connectivity index (χ2v) is 5.32. The van der Waals surface area contributed by atoms with E-state index in [0.717, 1.165) is 36.0 Å². The number of rotatable bonds is 7. The van der Waals surface area contributed by atoms with Gasteiger partial charge in [-0.1, -0.05) is 39.8 Å². The first kappa shape index (κ1) is 18.0. The smallest absolute Gasteiger partial charge is 0.310 e. The molecule has 0 amide bonds. The first-order chi connectivity index (χ1) is 9.86. The zero-order valence-electron chi connectivity index (χ0n) is 13.4. The van der Waals surface area contributed by atoms with Crippen molar-refractivity contribution in [3.05, 3.63) is 34.4 Å². The predicted molar refractivity (Wildman–Crippen MR) is 81.7 cm³/mol. The predicted octanol–water partition coefficient (Wildman–Crippen LogP) is 4.98. The van der Waals surface area contributed by atoms with Crippen molar-refractivity contribution in [2.75, 3.05) is 6.54 Å². The molecule has 0 bridgehead atoms. The fourth-order valence-electron chi connectivity index (χ4n) is 2.84. The molecule has 21 heavy (non-hydrogen) atoms. The molecule has 0 saturated carbocycles. The summed E-state index contributed by atoms with van der Waals surface area (Å²) in [6, 6.07) is 3.48. The van der Waals surface area contributed by atoms with Gasteiger partial charge in [0.1, 0.15) is 0 Å². The van der Waals surface area contributed by atoms with Crippen LogP contribution in [0.3, 0.4) is 0 Å². The van der Waals surface area contributed by atoms with Crippen molar-refractivity contribution >= 4 is 0 Å². The van der Waals surface area contributed by atoms with E-state index in [-0.39, 0.29) is 0 Å². The second kappa shape index (κ2) is 7.83. The highest BCUT2D eigenvalue weighted by atomic mass is 19.4. The van der Waals surface area contributed by atoms with Crippen molar-refractivity contribution in [1.29, 1.82) is 0 Å². The lowest BCUT2D eigenvalue weighted by atomic mass is 9.88. The number of alkyl halides is 3. The minimum Gasteiger partial charge on any atom is -0.310 e. The third kappa shape index (κ3) is 5.03. The fraction of sp³-hybridized carbons (Fsp3) is 0.647. The zero-order valence-corrected chi connectivity index (χ0v) is 13.4. The summed E-state index contributed by atoms with van der Waals surface area (Å²) in [6.07, 6.45) is -2.55. The Morgan fingerprint density at radius 1 is 0.952 bits per heavy atom. The number of benzene rings is 1. The molecule has 0 aliphatic heterocycles. The zero-order chi connectivity index (χ0) is 16.0. The Hall–Kier alpha value is -1.03. The molecule has 120 valence electrons. The van der Waals surface area contributed by atoms with Gasteiger partial charge in [0, 0.05) is 6.04 Å². The van der Waals surface area contributed by atoms with Gasteiger partial charge in [-0.3, -0.25) is 0 Å². The summed E-state index contributed by atoms with van der Waals surface area (Å²) in [5.74, 6) is 0. The molecule has 1 nitrogen and oxygen atoms in total. The molecule has 1 rings (SSSR count). The van der Waals surface area contributed by atoms with Gasteiger partial charge in [0.2, 0.25) is 0 Å². The van der Waals surface area contributed by atoms with Crippen molar-refractivity contribution in [3.8, 4) is 0 Å². The van der Waals surface area contributed by atoms with Gasteiger partial charge in [-0.05, 0) is 48.1 Å². The van der Waals surface area contributed by atoms with Crippen molar-refractivity contribution in [3.63, 3.8) is 0 Å². The van der Waals surface area contributed by atoms with Gasteiger partial charge < -0.3 is 5.32 Å². The summed E-state index contributed by atoms with van der Waals surface area (Å²) < 4.78 is 38.7. The average Bonchev–Trinajstić information content (AvgIpc) is 2.43. The van der Waals surface area contributed by atoms with E-state index in [1.54, 1.807) is 0 Å². The highest BCUT2D eigenvalue weighted by molar-refractivity contribution is 5.42. The highest BCUT2D eigenvalue weighted by Crippen LogP contribution is 2.34. The van der Waals surface area contributed by atoms with Crippen LogP contribution in [0.15, 0.2) is 12.1 Å². The fourth-order valence-corrected chi connectivity index (χ4v) is 2.84. The Morgan fingerprint density at radius 3 is 1.81 bits per heavy atom. The summed E-state index contributed by atoms with van der Waals surface area (Å²) in [5, 5.41) is 3.02. The van der Waals surface area contributed by atoms with Crippen LogP contribution in [0.4, 0.5) is 13.2 Å². The summed E-state index contributed by atoms with van der Waals surface area (Å²) in [4.78, 5) is 0. The molecule has 1 atom stereocenters. The van der Waals surface area contributed by atoms with Gasteiger partial charge in [-0.2, -0.15) is 13.2 Å². The molecule has 0 aliphatic rings. The summed E-state index contributed by atoms with van der Waals surface area (Å²) in [5.41, 5.74) is 4.15. The number of hydrogen-bond acceptors (Lipinski definition) is 1. The van der Waals surface area contributed by atoms with E-state index in [4.69, 9.17) is 0 Å². The lowest BCUT2D eigenvalue weighted by molar-refractivity contribution is -0.140. The third-order valence-corrected chi connectivity index (χ3v) is 3.82. The maximum absolute atomic E-state index is 12.9. The molecule has 0 saturated heterocycles. The molecule has 0 spiro atoms. The lowest BCUT2D eigenvalue weighted by Crippen LogP contribution is -2.28. The van der Waals surface area contributed by atoms with E-state index >= 15 is 0 Å². The molecule has 1 aromatic carbocycles. The standard InChI is InChI=1S/C17H26F3N/c1-5-12-9-13(6-2)16(14(7-3)10-12)15(21-8-4)11-17(18,19)20/h9-10,15,21H,5-8,11H2,1-4H3. The van der Waals surface area contributed by atoms with Crippen LogP contribution in [0.2, 0.25) is 0 Å². The maximum Gasteiger partial charge on any atom is 0.390 e. The number of nitrogens with one attached hydrogen (secondary N) is 1. The molecule has 0 radical (unpaired) electrons. The second-order valence-electron chi connectivity index (χ2n) is 5.32. The molecule has 0 heterocycles. The van der Waals surface area contributed by atoms with E-state index in [2.05, 4.69) is 24.4 Å². The first-order valence-electron chi connectivity index (χ1n) is 7.80. The monoisotopic (exact) mass is 301 g/mol. The molecular formula is C17H26F3N. The van der Waals surface area contributed by atoms with Crippen molar-refractivity contribution in [1.82, 2.24) is 5.32 Å². The van der Waals surface area contributed by atoms with Gasteiger partial charge in [-0.15, -0.1) is 0 Å². The minimum atomic E-state index is -4.16. The van der Waals surface area contributed by atoms with Gasteiger partial charge in [0.15, 0.2) is 0 Å². The van der Waals surface area contributed by atoms with Gasteiger partial charge in [-0.25, -0.2) is 0 Å². The molecule has 1 N–H and O–H groups in total. The van der Waals surface area contributed by atoms with Crippen LogP contribution in [-0.2, 0) is 19.3 Å².